The van der Waals surface area contributed by atoms with Crippen LogP contribution in [0, 0.1) is 0 Å². The van der Waals surface area contributed by atoms with E-state index >= 15 is 0 Å². The van der Waals surface area contributed by atoms with Crippen molar-refractivity contribution in [2.75, 3.05) is 7.11 Å². The van der Waals surface area contributed by atoms with Gasteiger partial charge in [-0.1, -0.05) is 13.5 Å². The van der Waals surface area contributed by atoms with Crippen molar-refractivity contribution < 1.29 is 9.53 Å². The topological polar surface area (TPSA) is 63.1 Å². The molecule has 0 aromatic rings. The van der Waals surface area contributed by atoms with Gasteiger partial charge in [0.2, 0.25) is 5.91 Å². The molecule has 1 amide bonds. The number of hydrogen-bond acceptors (Lipinski definition) is 4. The van der Waals surface area contributed by atoms with Crippen molar-refractivity contribution in [3.05, 3.63) is 12.3 Å². The predicted molar refractivity (Wildman–Crippen MR) is 56.2 cm³/mol. The van der Waals surface area contributed by atoms with E-state index in [1.807, 2.05) is 6.92 Å². The predicted octanol–water partition coefficient (Wildman–Crippen LogP) is 1.08. The molecule has 0 rings (SSSR count). The maximum Gasteiger partial charge on any atom is 0.256 e. The van der Waals surface area contributed by atoms with Gasteiger partial charge in [0.1, 0.15) is 0 Å². The number of carbonyl (C=O) groups excluding carboxylic acids is 1. The molecule has 0 heterocycles. The Balaban J connectivity index is 4.25. The summed E-state index contributed by atoms with van der Waals surface area (Å²) in [5, 5.41) is 9.37. The van der Waals surface area contributed by atoms with Crippen molar-refractivity contribution >= 4 is 18.5 Å². The highest BCUT2D eigenvalue weighted by Gasteiger charge is 2.07. The number of amides is 1. The molecule has 5 heteroatoms. The third kappa shape index (κ3) is 4.39. The quantitative estimate of drug-likeness (QED) is 0.407. The molecule has 0 aromatic heterocycles. The van der Waals surface area contributed by atoms with Gasteiger partial charge in [-0.15, -0.1) is 5.10 Å². The average Bonchev–Trinajstić information content (AvgIpc) is 2.14. The van der Waals surface area contributed by atoms with Crippen LogP contribution < -0.4 is 5.32 Å². The van der Waals surface area contributed by atoms with E-state index in [9.17, 15) is 4.79 Å². The lowest BCUT2D eigenvalue weighted by molar-refractivity contribution is -0.120. The van der Waals surface area contributed by atoms with Crippen LogP contribution in [-0.2, 0) is 9.53 Å². The maximum absolute atomic E-state index is 11.1. The average molecular weight is 197 g/mol. The fraction of sp³-hybridized carbons (Fsp3) is 0.444. The van der Waals surface area contributed by atoms with Gasteiger partial charge in [0.05, 0.1) is 12.8 Å². The van der Waals surface area contributed by atoms with Gasteiger partial charge in [0.25, 0.3) is 5.90 Å². The first-order valence-corrected chi connectivity index (χ1v) is 4.22. The monoisotopic (exact) mass is 197 g/mol. The first-order valence-electron chi connectivity index (χ1n) is 4.22. The molecule has 0 saturated heterocycles. The molecule has 0 aromatic carbocycles. The third-order valence-electron chi connectivity index (χ3n) is 1.38. The van der Waals surface area contributed by atoms with E-state index in [1.165, 1.54) is 7.11 Å². The van der Waals surface area contributed by atoms with E-state index in [0.717, 1.165) is 6.42 Å². The van der Waals surface area contributed by atoms with E-state index in [4.69, 9.17) is 4.74 Å². The Kier molecular flexibility index (Phi) is 6.02. The van der Waals surface area contributed by atoms with Crippen LogP contribution in [0.1, 0.15) is 19.8 Å². The van der Waals surface area contributed by atoms with E-state index in [0.29, 0.717) is 12.1 Å². The fourth-order valence-corrected chi connectivity index (χ4v) is 0.800. The highest BCUT2D eigenvalue weighted by Crippen LogP contribution is 1.95. The highest BCUT2D eigenvalue weighted by atomic mass is 16.5. The first-order chi connectivity index (χ1) is 6.65. The van der Waals surface area contributed by atoms with Gasteiger partial charge < -0.3 is 10.1 Å². The van der Waals surface area contributed by atoms with Gasteiger partial charge in [-0.05, 0) is 6.42 Å². The van der Waals surface area contributed by atoms with E-state index < -0.39 is 0 Å². The van der Waals surface area contributed by atoms with Gasteiger partial charge in [-0.25, -0.2) is 0 Å². The van der Waals surface area contributed by atoms with Crippen LogP contribution in [0.4, 0.5) is 0 Å². The van der Waals surface area contributed by atoms with Gasteiger partial charge in [0.15, 0.2) is 0 Å². The summed E-state index contributed by atoms with van der Waals surface area (Å²) < 4.78 is 4.83. The number of hydrogen-bond donors (Lipinski definition) is 1. The summed E-state index contributed by atoms with van der Waals surface area (Å²) in [6, 6.07) is 0. The van der Waals surface area contributed by atoms with Gasteiger partial charge in [-0.3, -0.25) is 4.79 Å². The summed E-state index contributed by atoms with van der Waals surface area (Å²) >= 11 is 0. The van der Waals surface area contributed by atoms with Crippen LogP contribution in [0.25, 0.3) is 0 Å². The minimum Gasteiger partial charge on any atom is -0.478 e. The lowest BCUT2D eigenvalue weighted by Gasteiger charge is -2.07. The smallest absolute Gasteiger partial charge is 0.256 e. The van der Waals surface area contributed by atoms with Crippen LogP contribution in [-0.4, -0.2) is 25.6 Å². The van der Waals surface area contributed by atoms with Crippen molar-refractivity contribution in [1.82, 2.24) is 5.32 Å². The van der Waals surface area contributed by atoms with Crippen LogP contribution >= 0.6 is 0 Å². The molecule has 0 aliphatic carbocycles. The molecular formula is C9H15N3O2. The molecule has 5 nitrogen and oxygen atoms in total. The molecule has 1 N–H and O–H groups in total. The maximum atomic E-state index is 11.1. The normalized spacial score (nSPS) is 10.6. The van der Waals surface area contributed by atoms with E-state index in [-0.39, 0.29) is 11.8 Å². The van der Waals surface area contributed by atoms with Gasteiger partial charge >= 0.3 is 0 Å². The molecule has 0 saturated carbocycles. The number of ether oxygens (including phenoxy) is 1. The third-order valence-corrected chi connectivity index (χ3v) is 1.38. The lowest BCUT2D eigenvalue weighted by Crippen LogP contribution is -2.27. The lowest BCUT2D eigenvalue weighted by atomic mass is 10.3. The largest absolute Gasteiger partial charge is 0.478 e. The Morgan fingerprint density at radius 2 is 2.21 bits per heavy atom. The van der Waals surface area contributed by atoms with Crippen LogP contribution in [0.2, 0.25) is 0 Å². The van der Waals surface area contributed by atoms with Crippen LogP contribution in [0.3, 0.4) is 0 Å². The molecule has 0 atom stereocenters. The molecule has 0 bridgehead atoms. The van der Waals surface area contributed by atoms with Gasteiger partial charge in [0, 0.05) is 13.1 Å². The molecule has 0 fully saturated rings. The Morgan fingerprint density at radius 1 is 1.57 bits per heavy atom. The second kappa shape index (κ2) is 6.82. The first kappa shape index (κ1) is 12.3. The summed E-state index contributed by atoms with van der Waals surface area (Å²) in [5.74, 6) is 0.0377. The Hall–Kier alpha value is -1.65. The van der Waals surface area contributed by atoms with Crippen LogP contribution in [0.15, 0.2) is 22.5 Å². The molecule has 0 unspecified atom stereocenters. The van der Waals surface area contributed by atoms with Crippen molar-refractivity contribution in [2.24, 2.45) is 10.2 Å². The zero-order valence-corrected chi connectivity index (χ0v) is 8.54. The SMILES string of the molecule is C=N/N=C(/OC)C(=C)NC(=O)CCC. The minimum atomic E-state index is -0.119. The fourth-order valence-electron chi connectivity index (χ4n) is 0.800. The molecule has 14 heavy (non-hydrogen) atoms. The number of nitrogens with one attached hydrogen (secondary N) is 1. The summed E-state index contributed by atoms with van der Waals surface area (Å²) in [5.41, 5.74) is 0.290. The molecule has 0 radical (unpaired) electrons. The summed E-state index contributed by atoms with van der Waals surface area (Å²) in [6.07, 6.45) is 1.22. The van der Waals surface area contributed by atoms with E-state index in [2.05, 4.69) is 28.8 Å². The zero-order valence-electron chi connectivity index (χ0n) is 8.54. The van der Waals surface area contributed by atoms with E-state index in [1.54, 1.807) is 0 Å². The number of carbonyl (C=O) groups is 1. The molecular weight excluding hydrogens is 182 g/mol. The van der Waals surface area contributed by atoms with Crippen molar-refractivity contribution in [2.45, 2.75) is 19.8 Å². The van der Waals surface area contributed by atoms with Crippen molar-refractivity contribution in [3.8, 4) is 0 Å². The molecule has 0 aliphatic rings. The second-order valence-electron chi connectivity index (χ2n) is 2.53. The number of rotatable bonds is 5. The highest BCUT2D eigenvalue weighted by molar-refractivity contribution is 5.96. The Labute approximate surface area is 83.6 Å². The number of nitrogens with zero attached hydrogens (tertiary/aromatic N) is 2. The standard InChI is InChI=1S/C9H15N3O2/c1-5-6-8(13)11-7(2)9(14-4)12-10-3/h2-3,5-6H2,1,4H3,(H,11,13)/b12-9+. The summed E-state index contributed by atoms with van der Waals surface area (Å²) in [4.78, 5) is 11.1. The number of methoxy groups -OCH3 is 1. The summed E-state index contributed by atoms with van der Waals surface area (Å²) in [6.45, 7) is 8.68. The minimum absolute atomic E-state index is 0.119. The molecule has 78 valence electrons. The van der Waals surface area contributed by atoms with Crippen LogP contribution in [0.5, 0.6) is 0 Å². The second-order valence-corrected chi connectivity index (χ2v) is 2.53. The molecule has 0 aliphatic heterocycles. The van der Waals surface area contributed by atoms with Crippen molar-refractivity contribution in [3.63, 3.8) is 0 Å². The van der Waals surface area contributed by atoms with Crippen molar-refractivity contribution in [1.29, 1.82) is 0 Å². The zero-order chi connectivity index (χ0) is 11.0. The Bertz CT molecular complexity index is 259. The Morgan fingerprint density at radius 3 is 2.64 bits per heavy atom. The van der Waals surface area contributed by atoms with Gasteiger partial charge in [-0.2, -0.15) is 5.10 Å². The molecule has 0 spiro atoms. The summed E-state index contributed by atoms with van der Waals surface area (Å²) in [7, 11) is 1.42.